The van der Waals surface area contributed by atoms with E-state index in [1.165, 1.54) is 44.9 Å². The first-order valence-electron chi connectivity index (χ1n) is 38.1. The van der Waals surface area contributed by atoms with Gasteiger partial charge in [0, 0.05) is 12.8 Å². The van der Waals surface area contributed by atoms with E-state index in [-0.39, 0.29) is 32.0 Å². The van der Waals surface area contributed by atoms with E-state index < -0.39 is 26.5 Å². The summed E-state index contributed by atoms with van der Waals surface area (Å²) < 4.78 is 34.7. The van der Waals surface area contributed by atoms with Crippen LogP contribution in [0.15, 0.2) is 231 Å². The Kier molecular flexibility index (Phi) is 70.7. The highest BCUT2D eigenvalue weighted by Gasteiger charge is 2.27. The second-order valence-corrected chi connectivity index (χ2v) is 27.0. The van der Waals surface area contributed by atoms with E-state index in [1.54, 1.807) is 0 Å². The van der Waals surface area contributed by atoms with Crippen molar-refractivity contribution < 1.29 is 42.1 Å². The molecular formula is C88H139NO8P+. The Morgan fingerprint density at radius 3 is 0.816 bits per heavy atom. The Morgan fingerprint density at radius 1 is 0.316 bits per heavy atom. The molecule has 0 spiro atoms. The van der Waals surface area contributed by atoms with Gasteiger partial charge in [-0.05, 0) is 161 Å². The molecule has 0 radical (unpaired) electrons. The Labute approximate surface area is 600 Å². The highest BCUT2D eigenvalue weighted by atomic mass is 31.2. The minimum atomic E-state index is -4.42. The lowest BCUT2D eigenvalue weighted by molar-refractivity contribution is -0.870. The van der Waals surface area contributed by atoms with Crippen LogP contribution < -0.4 is 0 Å². The van der Waals surface area contributed by atoms with E-state index in [4.69, 9.17) is 18.5 Å². The number of ether oxygens (including phenoxy) is 2. The molecule has 1 N–H and O–H groups in total. The van der Waals surface area contributed by atoms with Gasteiger partial charge < -0.3 is 18.9 Å². The van der Waals surface area contributed by atoms with E-state index in [9.17, 15) is 19.0 Å². The minimum absolute atomic E-state index is 0.0135. The van der Waals surface area contributed by atoms with Gasteiger partial charge in [-0.2, -0.15) is 0 Å². The number of carbonyl (C=O) groups is 2. The van der Waals surface area contributed by atoms with Crippen LogP contribution in [0.5, 0.6) is 0 Å². The average Bonchev–Trinajstić information content (AvgIpc) is 1.08. The summed E-state index contributed by atoms with van der Waals surface area (Å²) in [4.78, 5) is 35.9. The van der Waals surface area contributed by atoms with Crippen LogP contribution in [0.3, 0.4) is 0 Å². The summed E-state index contributed by atoms with van der Waals surface area (Å²) in [6, 6.07) is 0. The van der Waals surface area contributed by atoms with Crippen molar-refractivity contribution in [3.8, 4) is 0 Å². The topological polar surface area (TPSA) is 108 Å². The Balaban J connectivity index is 4.18. The van der Waals surface area contributed by atoms with E-state index in [0.29, 0.717) is 17.4 Å². The zero-order chi connectivity index (χ0) is 71.1. The molecule has 2 unspecified atom stereocenters. The fourth-order valence-corrected chi connectivity index (χ4v) is 10.2. The summed E-state index contributed by atoms with van der Waals surface area (Å²) in [5.74, 6) is -0.846. The van der Waals surface area contributed by atoms with Crippen LogP contribution in [0.2, 0.25) is 0 Å². The molecule has 0 rings (SSSR count). The molecule has 0 amide bonds. The highest BCUT2D eigenvalue weighted by Crippen LogP contribution is 2.43. The molecule has 0 aromatic heterocycles. The number of phosphoric acid groups is 1. The maximum absolute atomic E-state index is 12.9. The number of carbonyl (C=O) groups excluding carboxylic acids is 2. The first-order valence-corrected chi connectivity index (χ1v) is 39.6. The second kappa shape index (κ2) is 75.3. The molecule has 0 saturated heterocycles. The van der Waals surface area contributed by atoms with Crippen LogP contribution in [0.1, 0.15) is 258 Å². The lowest BCUT2D eigenvalue weighted by Gasteiger charge is -2.24. The molecule has 0 heterocycles. The van der Waals surface area contributed by atoms with Crippen molar-refractivity contribution in [2.45, 2.75) is 264 Å². The monoisotopic (exact) mass is 1370 g/mol. The molecule has 2 atom stereocenters. The molecule has 0 aliphatic heterocycles. The van der Waals surface area contributed by atoms with Gasteiger partial charge in [0.05, 0.1) is 27.7 Å². The quantitative estimate of drug-likeness (QED) is 0.0211. The van der Waals surface area contributed by atoms with Crippen LogP contribution in [0, 0.1) is 0 Å². The maximum Gasteiger partial charge on any atom is 0.472 e. The molecule has 0 aliphatic carbocycles. The van der Waals surface area contributed by atoms with Crippen molar-refractivity contribution in [3.63, 3.8) is 0 Å². The molecule has 98 heavy (non-hydrogen) atoms. The molecule has 0 fully saturated rings. The maximum atomic E-state index is 12.9. The summed E-state index contributed by atoms with van der Waals surface area (Å²) in [7, 11) is 1.43. The van der Waals surface area contributed by atoms with Crippen molar-refractivity contribution in [2.75, 3.05) is 47.5 Å². The molecule has 10 heteroatoms. The first kappa shape index (κ1) is 92.1. The van der Waals surface area contributed by atoms with Gasteiger partial charge in [-0.3, -0.25) is 18.6 Å². The third kappa shape index (κ3) is 79.1. The summed E-state index contributed by atoms with van der Waals surface area (Å²) >= 11 is 0. The van der Waals surface area contributed by atoms with E-state index >= 15 is 0 Å². The van der Waals surface area contributed by atoms with Gasteiger partial charge >= 0.3 is 19.8 Å². The number of unbranched alkanes of at least 4 members (excludes halogenated alkanes) is 15. The number of hydrogen-bond donors (Lipinski definition) is 1. The Bertz CT molecular complexity index is 2510. The fourth-order valence-electron chi connectivity index (χ4n) is 9.45. The second-order valence-electron chi connectivity index (χ2n) is 25.6. The number of nitrogens with zero attached hydrogens (tertiary/aromatic N) is 1. The molecule has 0 aliphatic rings. The number of allylic oxidation sites excluding steroid dienone is 38. The van der Waals surface area contributed by atoms with Crippen LogP contribution in [0.25, 0.3) is 0 Å². The number of hydrogen-bond acceptors (Lipinski definition) is 7. The van der Waals surface area contributed by atoms with Gasteiger partial charge in [-0.15, -0.1) is 0 Å². The standard InChI is InChI=1S/C88H138NO8P/c1-6-8-10-12-14-16-18-20-22-24-26-28-30-32-34-36-38-40-41-42-43-44-45-46-47-49-51-53-55-57-59-61-63-65-67-69-71-73-75-77-79-81-88(91)97-86(85-96-98(92,93)95-83-82-89(3,4)5)84-94-87(90)80-78-76-74-72-70-68-66-64-62-60-58-56-54-52-50-48-39-37-35-33-31-29-27-25-23-21-19-17-15-13-11-9-7-2/h8-11,14-17,20-23,26-29,32-35,38-40,42-43,45-46,48-49,51-52,54-55,57,61,63,67,69,86H,6-7,12-13,18-19,24-25,30-31,36-37,41,44,47,50,53,56,58-60,62,64-66,68,70-85H2,1-5H3/p+1/b10-8-,11-9-,16-14-,17-15-,22-20-,23-21-,28-26-,29-27-,34-32-,35-33-,40-38-,43-42-,46-45-,48-39-,51-49-,54-52-,57-55-,63-61-,69-67-. The van der Waals surface area contributed by atoms with Gasteiger partial charge in [0.25, 0.3) is 0 Å². The molecule has 548 valence electrons. The number of likely N-dealkylation sites (N-methyl/N-ethyl adjacent to an activating group) is 1. The van der Waals surface area contributed by atoms with E-state index in [0.717, 1.165) is 180 Å². The summed E-state index contributed by atoms with van der Waals surface area (Å²) in [5, 5.41) is 0. The lowest BCUT2D eigenvalue weighted by atomic mass is 10.0. The number of rotatable bonds is 67. The minimum Gasteiger partial charge on any atom is -0.462 e. The smallest absolute Gasteiger partial charge is 0.462 e. The van der Waals surface area contributed by atoms with Crippen LogP contribution in [-0.2, 0) is 32.7 Å². The zero-order valence-electron chi connectivity index (χ0n) is 62.4. The van der Waals surface area contributed by atoms with Gasteiger partial charge in [-0.1, -0.05) is 315 Å². The van der Waals surface area contributed by atoms with Gasteiger partial charge in [0.15, 0.2) is 6.10 Å². The van der Waals surface area contributed by atoms with Crippen molar-refractivity contribution in [1.29, 1.82) is 0 Å². The van der Waals surface area contributed by atoms with Crippen molar-refractivity contribution in [3.05, 3.63) is 231 Å². The SMILES string of the molecule is CC/C=C\C/C=C\C/C=C\C/C=C\C/C=C\C/C=C\C/C=C\C/C=C\C/C=C\C/C=C\C/C=C\C/C=C\CCCCCCC(=O)OC(COC(=O)CCCCCCCCCCCCC/C=C\C/C=C\C/C=C\C/C=C\C/C=C\C/C=C\C/C=C\CC)COP(=O)(O)OCC[N+](C)(C)C. The van der Waals surface area contributed by atoms with Crippen molar-refractivity contribution >= 4 is 19.8 Å². The number of phosphoric ester groups is 1. The summed E-state index contributed by atoms with van der Waals surface area (Å²) in [6.07, 6.45) is 122. The first-order chi connectivity index (χ1) is 48.0. The van der Waals surface area contributed by atoms with E-state index in [1.807, 2.05) is 21.1 Å². The predicted octanol–water partition coefficient (Wildman–Crippen LogP) is 25.7. The zero-order valence-corrected chi connectivity index (χ0v) is 63.3. The average molecular weight is 1370 g/mol. The van der Waals surface area contributed by atoms with Crippen LogP contribution in [-0.4, -0.2) is 74.9 Å². The van der Waals surface area contributed by atoms with Crippen molar-refractivity contribution in [1.82, 2.24) is 0 Å². The largest absolute Gasteiger partial charge is 0.472 e. The number of quaternary nitrogens is 1. The van der Waals surface area contributed by atoms with Gasteiger partial charge in [0.2, 0.25) is 0 Å². The fraction of sp³-hybridized carbons (Fsp3) is 0.545. The molecule has 0 aromatic carbocycles. The predicted molar refractivity (Wildman–Crippen MR) is 426 cm³/mol. The highest BCUT2D eigenvalue weighted by molar-refractivity contribution is 7.47. The van der Waals surface area contributed by atoms with Gasteiger partial charge in [0.1, 0.15) is 19.8 Å². The molecular weight excluding hydrogens is 1230 g/mol. The third-order valence-corrected chi connectivity index (χ3v) is 16.2. The van der Waals surface area contributed by atoms with Crippen LogP contribution >= 0.6 is 7.82 Å². The Hall–Kier alpha value is -5.93. The molecule has 0 aromatic rings. The molecule has 0 bridgehead atoms. The summed E-state index contributed by atoms with van der Waals surface area (Å²) in [6.45, 7) is 4.15. The van der Waals surface area contributed by atoms with Gasteiger partial charge in [-0.25, -0.2) is 4.57 Å². The van der Waals surface area contributed by atoms with Crippen molar-refractivity contribution in [2.24, 2.45) is 0 Å². The molecule has 9 nitrogen and oxygen atoms in total. The third-order valence-electron chi connectivity index (χ3n) is 15.2. The van der Waals surface area contributed by atoms with E-state index in [2.05, 4.69) is 245 Å². The lowest BCUT2D eigenvalue weighted by Crippen LogP contribution is -2.37. The number of esters is 2. The molecule has 0 saturated carbocycles. The summed E-state index contributed by atoms with van der Waals surface area (Å²) in [5.41, 5.74) is 0. The normalized spacial score (nSPS) is 14.4. The van der Waals surface area contributed by atoms with Crippen LogP contribution in [0.4, 0.5) is 0 Å². The Morgan fingerprint density at radius 2 is 0.551 bits per heavy atom.